The number of nitrogens with zero attached hydrogens (tertiary/aromatic N) is 5. The van der Waals surface area contributed by atoms with E-state index in [1.807, 2.05) is 0 Å². The van der Waals surface area contributed by atoms with Crippen LogP contribution in [0.2, 0.25) is 0 Å². The van der Waals surface area contributed by atoms with E-state index in [4.69, 9.17) is 4.98 Å². The zero-order valence-corrected chi connectivity index (χ0v) is 16.1. The Hall–Kier alpha value is -3.49. The van der Waals surface area contributed by atoms with Crippen molar-refractivity contribution in [1.82, 2.24) is 29.7 Å². The second-order valence-corrected chi connectivity index (χ2v) is 7.52. The second-order valence-electron chi connectivity index (χ2n) is 7.52. The van der Waals surface area contributed by atoms with Gasteiger partial charge in [0.15, 0.2) is 17.3 Å². The number of nitrogens with one attached hydrogen (secondary N) is 1. The highest BCUT2D eigenvalue weighted by molar-refractivity contribution is 5.73. The van der Waals surface area contributed by atoms with Crippen molar-refractivity contribution in [2.75, 3.05) is 0 Å². The van der Waals surface area contributed by atoms with Gasteiger partial charge in [0, 0.05) is 24.2 Å². The van der Waals surface area contributed by atoms with Gasteiger partial charge >= 0.3 is 0 Å². The fraction of sp³-hybridized carbons (Fsp3) is 0.286. The minimum absolute atomic E-state index is 0.00595. The molecule has 3 aromatic heterocycles. The summed E-state index contributed by atoms with van der Waals surface area (Å²) in [7, 11) is 0. The Kier molecular flexibility index (Phi) is 4.38. The van der Waals surface area contributed by atoms with E-state index in [0.29, 0.717) is 22.4 Å². The van der Waals surface area contributed by atoms with Crippen LogP contribution in [0.4, 0.5) is 8.78 Å². The molecule has 0 bridgehead atoms. The Balaban J connectivity index is 1.55. The van der Waals surface area contributed by atoms with Crippen molar-refractivity contribution < 1.29 is 8.78 Å². The van der Waals surface area contributed by atoms with Crippen LogP contribution < -0.4 is 5.56 Å². The van der Waals surface area contributed by atoms with Gasteiger partial charge in [-0.25, -0.2) is 28.4 Å². The smallest absolute Gasteiger partial charge is 0.262 e. The summed E-state index contributed by atoms with van der Waals surface area (Å²) in [6.45, 7) is 1.80. The maximum absolute atomic E-state index is 13.7. The van der Waals surface area contributed by atoms with Gasteiger partial charge in [0.25, 0.3) is 5.56 Å². The monoisotopic (exact) mass is 408 g/mol. The SMILES string of the molecule is C[C@@H](c1ccc(F)c(F)c1)n1ncc2c(=O)[nH]c([C@H]3CC[C@@H]3c3ncccn3)nc21. The molecule has 152 valence electrons. The van der Waals surface area contributed by atoms with Crippen molar-refractivity contribution in [1.29, 1.82) is 0 Å². The molecule has 9 heteroatoms. The first-order valence-electron chi connectivity index (χ1n) is 9.72. The number of benzene rings is 1. The normalized spacial score (nSPS) is 19.6. The largest absolute Gasteiger partial charge is 0.310 e. The molecule has 1 aromatic carbocycles. The van der Waals surface area contributed by atoms with Crippen LogP contribution in [-0.2, 0) is 0 Å². The van der Waals surface area contributed by atoms with Gasteiger partial charge in [-0.15, -0.1) is 0 Å². The molecule has 1 fully saturated rings. The van der Waals surface area contributed by atoms with Gasteiger partial charge in [-0.3, -0.25) is 4.79 Å². The molecule has 1 aliphatic rings. The highest BCUT2D eigenvalue weighted by Crippen LogP contribution is 2.46. The Morgan fingerprint density at radius 2 is 1.90 bits per heavy atom. The summed E-state index contributed by atoms with van der Waals surface area (Å²) >= 11 is 0. The number of H-pyrrole nitrogens is 1. The summed E-state index contributed by atoms with van der Waals surface area (Å²) in [6, 6.07) is 5.05. The fourth-order valence-electron chi connectivity index (χ4n) is 3.96. The molecule has 30 heavy (non-hydrogen) atoms. The zero-order chi connectivity index (χ0) is 20.8. The van der Waals surface area contributed by atoms with Gasteiger partial charge in [0.2, 0.25) is 0 Å². The molecule has 0 radical (unpaired) electrons. The van der Waals surface area contributed by atoms with Crippen LogP contribution in [0.1, 0.15) is 54.9 Å². The number of rotatable bonds is 4. The molecule has 7 nitrogen and oxygen atoms in total. The summed E-state index contributed by atoms with van der Waals surface area (Å²) in [5.74, 6) is -0.441. The van der Waals surface area contributed by atoms with E-state index in [1.165, 1.54) is 12.3 Å². The first-order chi connectivity index (χ1) is 14.5. The van der Waals surface area contributed by atoms with Crippen molar-refractivity contribution in [2.24, 2.45) is 0 Å². The van der Waals surface area contributed by atoms with Crippen LogP contribution in [0.15, 0.2) is 47.7 Å². The average molecular weight is 408 g/mol. The highest BCUT2D eigenvalue weighted by atomic mass is 19.2. The molecule has 1 aliphatic carbocycles. The minimum atomic E-state index is -0.928. The number of hydrogen-bond acceptors (Lipinski definition) is 5. The topological polar surface area (TPSA) is 89.4 Å². The van der Waals surface area contributed by atoms with E-state index >= 15 is 0 Å². The lowest BCUT2D eigenvalue weighted by atomic mass is 9.72. The van der Waals surface area contributed by atoms with E-state index in [0.717, 1.165) is 30.8 Å². The first kappa shape index (κ1) is 18.5. The van der Waals surface area contributed by atoms with Gasteiger partial charge in [-0.1, -0.05) is 6.07 Å². The molecule has 0 saturated heterocycles. The van der Waals surface area contributed by atoms with Crippen LogP contribution in [0.3, 0.4) is 0 Å². The third kappa shape index (κ3) is 2.97. The van der Waals surface area contributed by atoms with Crippen LogP contribution in [0, 0.1) is 11.6 Å². The lowest BCUT2D eigenvalue weighted by molar-refractivity contribution is 0.319. The van der Waals surface area contributed by atoms with Gasteiger partial charge < -0.3 is 4.98 Å². The Labute approximate surface area is 169 Å². The van der Waals surface area contributed by atoms with E-state index in [2.05, 4.69) is 20.1 Å². The molecular formula is C21H18F2N6O. The van der Waals surface area contributed by atoms with Crippen molar-refractivity contribution in [2.45, 2.75) is 37.6 Å². The number of fused-ring (bicyclic) bond motifs is 1. The maximum atomic E-state index is 13.7. The van der Waals surface area contributed by atoms with Gasteiger partial charge in [-0.05, 0) is 43.5 Å². The van der Waals surface area contributed by atoms with Crippen LogP contribution in [-0.4, -0.2) is 29.7 Å². The van der Waals surface area contributed by atoms with Crippen LogP contribution in [0.5, 0.6) is 0 Å². The van der Waals surface area contributed by atoms with Crippen molar-refractivity contribution in [3.63, 3.8) is 0 Å². The van der Waals surface area contributed by atoms with E-state index < -0.39 is 17.7 Å². The molecule has 5 rings (SSSR count). The molecule has 3 heterocycles. The number of halogens is 2. The number of hydrogen-bond donors (Lipinski definition) is 1. The lowest BCUT2D eigenvalue weighted by Gasteiger charge is -2.34. The second kappa shape index (κ2) is 7.08. The van der Waals surface area contributed by atoms with Gasteiger partial charge in [0.05, 0.1) is 12.2 Å². The summed E-state index contributed by atoms with van der Waals surface area (Å²) in [5.41, 5.74) is 0.658. The van der Waals surface area contributed by atoms with Gasteiger partial charge in [0.1, 0.15) is 17.0 Å². The number of aromatic nitrogens is 6. The summed E-state index contributed by atoms with van der Waals surface area (Å²) in [6.07, 6.45) is 6.64. The molecule has 0 spiro atoms. The van der Waals surface area contributed by atoms with E-state index in [-0.39, 0.29) is 17.4 Å². The Bertz CT molecular complexity index is 1290. The van der Waals surface area contributed by atoms with E-state index in [9.17, 15) is 13.6 Å². The quantitative estimate of drug-likeness (QED) is 0.559. The third-order valence-corrected chi connectivity index (χ3v) is 5.82. The summed E-state index contributed by atoms with van der Waals surface area (Å²) in [5, 5.41) is 4.65. The number of aromatic amines is 1. The molecule has 1 saturated carbocycles. The zero-order valence-electron chi connectivity index (χ0n) is 16.1. The highest BCUT2D eigenvalue weighted by Gasteiger charge is 2.37. The first-order valence-corrected chi connectivity index (χ1v) is 9.72. The lowest BCUT2D eigenvalue weighted by Crippen LogP contribution is -2.28. The van der Waals surface area contributed by atoms with E-state index in [1.54, 1.807) is 30.1 Å². The fourth-order valence-corrected chi connectivity index (χ4v) is 3.96. The summed E-state index contributed by atoms with van der Waals surface area (Å²) in [4.78, 5) is 28.9. The van der Waals surface area contributed by atoms with Gasteiger partial charge in [-0.2, -0.15) is 5.10 Å². The molecule has 1 N–H and O–H groups in total. The molecule has 4 aromatic rings. The Morgan fingerprint density at radius 3 is 2.60 bits per heavy atom. The predicted molar refractivity (Wildman–Crippen MR) is 105 cm³/mol. The van der Waals surface area contributed by atoms with Crippen molar-refractivity contribution in [3.8, 4) is 0 Å². The molecule has 3 atom stereocenters. The standard InChI is InChI=1S/C21H18F2N6O/c1-11(12-3-6-16(22)17(23)9-12)29-20-15(10-26-29)21(30)28-19(27-20)14-5-4-13(14)18-24-7-2-8-25-18/h2-3,6-11,13-14H,4-5H2,1H3,(H,27,28,30)/t11-,13-,14-/m0/s1. The molecule has 0 aliphatic heterocycles. The maximum Gasteiger partial charge on any atom is 0.262 e. The van der Waals surface area contributed by atoms with Crippen molar-refractivity contribution >= 4 is 11.0 Å². The third-order valence-electron chi connectivity index (χ3n) is 5.82. The average Bonchev–Trinajstić information content (AvgIpc) is 3.14. The predicted octanol–water partition coefficient (Wildman–Crippen LogP) is 3.46. The summed E-state index contributed by atoms with van der Waals surface area (Å²) < 4.78 is 28.6. The Morgan fingerprint density at radius 1 is 1.13 bits per heavy atom. The molecular weight excluding hydrogens is 390 g/mol. The molecule has 0 amide bonds. The minimum Gasteiger partial charge on any atom is -0.310 e. The van der Waals surface area contributed by atoms with Crippen LogP contribution in [0.25, 0.3) is 11.0 Å². The van der Waals surface area contributed by atoms with Crippen molar-refractivity contribution in [3.05, 3.63) is 82.1 Å². The van der Waals surface area contributed by atoms with Crippen LogP contribution >= 0.6 is 0 Å². The molecule has 0 unspecified atom stereocenters.